The molecule has 5 amide bonds. The Hall–Kier alpha value is -8.38. The highest BCUT2D eigenvalue weighted by molar-refractivity contribution is 5.90. The molecule has 0 heterocycles. The third kappa shape index (κ3) is 67.7. The van der Waals surface area contributed by atoms with Crippen molar-refractivity contribution < 1.29 is 76.8 Å². The molecule has 2 aromatic carbocycles. The van der Waals surface area contributed by atoms with Crippen LogP contribution in [0.5, 0.6) is 5.75 Å². The summed E-state index contributed by atoms with van der Waals surface area (Å²) < 4.78 is 48.7. The maximum atomic E-state index is 11.7. The van der Waals surface area contributed by atoms with Crippen LogP contribution in [0.25, 0.3) is 0 Å². The monoisotopic (exact) mass is 1540 g/mol. The van der Waals surface area contributed by atoms with E-state index in [0.717, 1.165) is 54.9 Å². The van der Waals surface area contributed by atoms with Crippen LogP contribution in [-0.4, -0.2) is 228 Å². The van der Waals surface area contributed by atoms with Gasteiger partial charge in [0.2, 0.25) is 0 Å². The standard InChI is InChI=1S/C32H46N4O5.C20H35N3O5.C15H27N3O4.C15H26N2O2/c1-6-27-11-14-31(40-23-22-39-21-20-38-19-17-33-26(4)5)30(24-27)36-35-29-12-9-28(10-13-29)15-18-41-32(37)34-16-7-8-25(2)3;1-17(2)6-5-9-23-20(24)28-19(7-8-21)16-27-15-14-26-13-12-25-11-10-22-18(3)4;1-10(2)6-5-7-17-14(21)12(19)13(20)15(22)18-9-8-16-11(3)4;1-12(2)7-6-9-17-15(18)19-11-14(5)8-10-16-13(3)4/h9-14,24-26,33H,6,15-23H2,1-5H3,(H,34,37);17-19,22H,7,9-16H2,1-4H3,(H,23,24);10-13,16,19-20H,7-9H2,1-4H3,(H,17,21)(H,18,22);12-13,16H,5,8-11H2,1-4H3,(H,17,18). The predicted octanol–water partition coefficient (Wildman–Crippen LogP) is 8.62. The highest BCUT2D eigenvalue weighted by Crippen LogP contribution is 2.31. The van der Waals surface area contributed by atoms with Gasteiger partial charge >= 0.3 is 18.3 Å². The van der Waals surface area contributed by atoms with Gasteiger partial charge in [0.25, 0.3) is 11.8 Å². The fourth-order valence-electron chi connectivity index (χ4n) is 7.96. The summed E-state index contributed by atoms with van der Waals surface area (Å²) in [5.74, 6) is 23.0. The number of azo groups is 1. The Balaban J connectivity index is 0. The summed E-state index contributed by atoms with van der Waals surface area (Å²) in [7, 11) is 0. The van der Waals surface area contributed by atoms with Crippen molar-refractivity contribution >= 4 is 41.5 Å². The van der Waals surface area contributed by atoms with Crippen molar-refractivity contribution in [1.82, 2.24) is 47.9 Å². The fraction of sp³-hybridized carbons (Fsp3) is 0.659. The molecule has 0 aliphatic heterocycles. The Kier molecular flexibility index (Phi) is 65.8. The molecule has 618 valence electrons. The molecule has 28 nitrogen and oxygen atoms in total. The van der Waals surface area contributed by atoms with Gasteiger partial charge in [0.05, 0.1) is 117 Å². The van der Waals surface area contributed by atoms with E-state index >= 15 is 0 Å². The van der Waals surface area contributed by atoms with Crippen molar-refractivity contribution in [3.63, 3.8) is 0 Å². The summed E-state index contributed by atoms with van der Waals surface area (Å²) in [6.45, 7) is 48.1. The molecular formula is C82H134N12O16. The first kappa shape index (κ1) is 104. The van der Waals surface area contributed by atoms with Crippen molar-refractivity contribution in [2.45, 2.75) is 186 Å². The molecule has 0 saturated carbocycles. The average Bonchev–Trinajstić information content (AvgIpc) is 0.872. The van der Waals surface area contributed by atoms with E-state index in [9.17, 15) is 34.2 Å². The number of hydrogen-bond acceptors (Lipinski definition) is 23. The van der Waals surface area contributed by atoms with E-state index in [2.05, 4.69) is 160 Å². The largest absolute Gasteiger partial charge is 0.489 e. The number of rotatable bonds is 48. The summed E-state index contributed by atoms with van der Waals surface area (Å²) in [5.41, 5.74) is 4.48. The van der Waals surface area contributed by atoms with Crippen LogP contribution in [0, 0.1) is 82.4 Å². The normalized spacial score (nSPS) is 11.5. The number of carbonyl (C=O) groups excluding carboxylic acids is 5. The molecule has 2 aromatic rings. The molecule has 0 radical (unpaired) electrons. The molecule has 0 aliphatic carbocycles. The van der Waals surface area contributed by atoms with Crippen LogP contribution < -0.4 is 52.6 Å². The van der Waals surface area contributed by atoms with Gasteiger partial charge in [-0.1, -0.05) is 190 Å². The number of aryl methyl sites for hydroxylation is 1. The summed E-state index contributed by atoms with van der Waals surface area (Å²) in [6, 6.07) is 17.3. The second kappa shape index (κ2) is 69.8. The molecule has 0 spiro atoms. The van der Waals surface area contributed by atoms with Gasteiger partial charge in [-0.05, 0) is 60.4 Å². The Morgan fingerprint density at radius 3 is 1.38 bits per heavy atom. The zero-order valence-corrected chi connectivity index (χ0v) is 68.9. The summed E-state index contributed by atoms with van der Waals surface area (Å²) in [6.07, 6.45) is -3.43. The summed E-state index contributed by atoms with van der Waals surface area (Å²) in [4.78, 5) is 57.9. The van der Waals surface area contributed by atoms with Gasteiger partial charge < -0.3 is 101 Å². The number of aliphatic hydroxyl groups excluding tert-OH is 2. The Morgan fingerprint density at radius 2 is 0.900 bits per heavy atom. The number of aliphatic hydroxyl groups is 2. The third-order valence-corrected chi connectivity index (χ3v) is 13.5. The Morgan fingerprint density at radius 1 is 0.473 bits per heavy atom. The zero-order valence-electron chi connectivity index (χ0n) is 68.9. The van der Waals surface area contributed by atoms with Crippen LogP contribution in [0.2, 0.25) is 0 Å². The second-order valence-corrected chi connectivity index (χ2v) is 27.0. The smallest absolute Gasteiger partial charge is 0.408 e. The number of benzene rings is 2. The molecule has 0 aliphatic rings. The molecule has 2 rings (SSSR count). The average molecular weight is 1540 g/mol. The molecule has 110 heavy (non-hydrogen) atoms. The minimum Gasteiger partial charge on any atom is -0.489 e. The number of carbonyl (C=O) groups is 5. The first-order valence-corrected chi connectivity index (χ1v) is 38.2. The minimum atomic E-state index is -1.82. The van der Waals surface area contributed by atoms with E-state index in [1.807, 2.05) is 118 Å². The quantitative estimate of drug-likeness (QED) is 0.00970. The van der Waals surface area contributed by atoms with E-state index in [4.69, 9.17) is 47.9 Å². The molecule has 0 fully saturated rings. The van der Waals surface area contributed by atoms with Crippen LogP contribution in [-0.2, 0) is 60.3 Å². The van der Waals surface area contributed by atoms with Crippen LogP contribution >= 0.6 is 0 Å². The highest BCUT2D eigenvalue weighted by Gasteiger charge is 2.30. The molecule has 3 atom stereocenters. The van der Waals surface area contributed by atoms with Gasteiger partial charge in [0.15, 0.2) is 12.2 Å². The zero-order chi connectivity index (χ0) is 82.5. The first-order valence-electron chi connectivity index (χ1n) is 38.2. The topological polar surface area (TPSA) is 366 Å². The van der Waals surface area contributed by atoms with Gasteiger partial charge in [0, 0.05) is 80.4 Å². The van der Waals surface area contributed by atoms with Gasteiger partial charge in [-0.3, -0.25) is 9.59 Å². The highest BCUT2D eigenvalue weighted by atomic mass is 16.6. The maximum absolute atomic E-state index is 11.7. The van der Waals surface area contributed by atoms with Crippen molar-refractivity contribution in [3.8, 4) is 59.2 Å². The summed E-state index contributed by atoms with van der Waals surface area (Å²) in [5, 5.41) is 62.4. The van der Waals surface area contributed by atoms with E-state index in [1.165, 1.54) is 0 Å². The number of nitriles is 1. The van der Waals surface area contributed by atoms with Crippen molar-refractivity contribution in [2.24, 2.45) is 33.9 Å². The maximum Gasteiger partial charge on any atom is 0.408 e. The van der Waals surface area contributed by atoms with E-state index in [0.29, 0.717) is 128 Å². The molecule has 0 aromatic heterocycles. The third-order valence-electron chi connectivity index (χ3n) is 13.5. The van der Waals surface area contributed by atoms with Gasteiger partial charge in [-0.15, -0.1) is 5.11 Å². The second-order valence-electron chi connectivity index (χ2n) is 27.0. The SMILES string of the molecule is C=C(CCNC(C)C)COC(=O)NCC#CC(C)C.CC(C)C#CCNC(=O)C(O)C(O)C(=O)NCCNC(C)C.CC(C)C#CCNC(=O)OC(CC#N)COCCOCCOCCNC(C)C.CCc1ccc(OCCOCCOCCNC(C)C)c(N=Nc2ccc(CCOC(=O)NCC#CC(C)C)cc2)c1. The Bertz CT molecular complexity index is 3130. The van der Waals surface area contributed by atoms with Gasteiger partial charge in [0.1, 0.15) is 30.8 Å². The number of hydrogen-bond donors (Lipinski definition) is 11. The molecule has 0 bridgehead atoms. The lowest BCUT2D eigenvalue weighted by molar-refractivity contribution is -0.145. The van der Waals surface area contributed by atoms with Gasteiger partial charge in [-0.25, -0.2) is 14.4 Å². The lowest BCUT2D eigenvalue weighted by Crippen LogP contribution is -2.50. The fourth-order valence-corrected chi connectivity index (χ4v) is 7.96. The Labute approximate surface area is 658 Å². The molecule has 0 saturated heterocycles. The number of ether oxygens (including phenoxy) is 9. The number of nitrogens with zero attached hydrogens (tertiary/aromatic N) is 3. The number of nitrogens with one attached hydrogen (secondary N) is 9. The molecular weight excluding hydrogens is 1410 g/mol. The van der Waals surface area contributed by atoms with Crippen molar-refractivity contribution in [1.29, 1.82) is 5.26 Å². The van der Waals surface area contributed by atoms with Crippen LogP contribution in [0.4, 0.5) is 25.8 Å². The van der Waals surface area contributed by atoms with Crippen LogP contribution in [0.3, 0.4) is 0 Å². The molecule has 28 heteroatoms. The van der Waals surface area contributed by atoms with Crippen molar-refractivity contribution in [2.75, 3.05) is 145 Å². The lowest BCUT2D eigenvalue weighted by Gasteiger charge is -2.17. The number of alkyl carbamates (subject to hydrolysis) is 3. The van der Waals surface area contributed by atoms with Crippen LogP contribution in [0.15, 0.2) is 64.8 Å². The number of amides is 5. The van der Waals surface area contributed by atoms with E-state index in [1.54, 1.807) is 0 Å². The van der Waals surface area contributed by atoms with Gasteiger partial charge in [-0.2, -0.15) is 10.4 Å². The summed E-state index contributed by atoms with van der Waals surface area (Å²) >= 11 is 0. The lowest BCUT2D eigenvalue weighted by atomic mass is 10.1. The van der Waals surface area contributed by atoms with E-state index in [-0.39, 0.29) is 69.7 Å². The molecule has 3 unspecified atom stereocenters. The van der Waals surface area contributed by atoms with E-state index < -0.39 is 48.4 Å². The first-order chi connectivity index (χ1) is 52.5. The minimum absolute atomic E-state index is 0.0563. The predicted molar refractivity (Wildman–Crippen MR) is 432 cm³/mol. The molecule has 11 N–H and O–H groups in total. The van der Waals surface area contributed by atoms with Crippen LogP contribution in [0.1, 0.15) is 142 Å². The van der Waals surface area contributed by atoms with Crippen molar-refractivity contribution in [3.05, 3.63) is 65.7 Å².